The monoisotopic (exact) mass is 336 g/mol. The molecule has 1 atom stereocenters. The SMILES string of the molecule is Cc1ccc(-c2ccc(C[C@]3(C(=O)N(C)C)CCCNC3)cc2)cc1. The van der Waals surface area contributed by atoms with Crippen LogP contribution in [0.4, 0.5) is 0 Å². The lowest BCUT2D eigenvalue weighted by Crippen LogP contribution is -2.51. The molecule has 0 radical (unpaired) electrons. The summed E-state index contributed by atoms with van der Waals surface area (Å²) in [4.78, 5) is 14.6. The lowest BCUT2D eigenvalue weighted by molar-refractivity contribution is -0.140. The van der Waals surface area contributed by atoms with Crippen LogP contribution in [0.3, 0.4) is 0 Å². The molecule has 25 heavy (non-hydrogen) atoms. The minimum atomic E-state index is -0.312. The number of rotatable bonds is 4. The van der Waals surface area contributed by atoms with Crippen molar-refractivity contribution in [3.05, 3.63) is 59.7 Å². The van der Waals surface area contributed by atoms with E-state index in [1.54, 1.807) is 4.90 Å². The van der Waals surface area contributed by atoms with Gasteiger partial charge in [-0.15, -0.1) is 0 Å². The van der Waals surface area contributed by atoms with Crippen molar-refractivity contribution in [2.75, 3.05) is 27.2 Å². The molecule has 0 unspecified atom stereocenters. The highest BCUT2D eigenvalue weighted by Crippen LogP contribution is 2.33. The molecule has 3 heteroatoms. The molecule has 1 aliphatic rings. The Bertz CT molecular complexity index is 711. The van der Waals surface area contributed by atoms with Gasteiger partial charge in [0.1, 0.15) is 0 Å². The Kier molecular flexibility index (Phi) is 5.24. The van der Waals surface area contributed by atoms with E-state index in [-0.39, 0.29) is 11.3 Å². The van der Waals surface area contributed by atoms with Crippen molar-refractivity contribution in [1.29, 1.82) is 0 Å². The Morgan fingerprint density at radius 2 is 1.64 bits per heavy atom. The Morgan fingerprint density at radius 1 is 1.04 bits per heavy atom. The number of nitrogens with zero attached hydrogens (tertiary/aromatic N) is 1. The van der Waals surface area contributed by atoms with E-state index >= 15 is 0 Å². The summed E-state index contributed by atoms with van der Waals surface area (Å²) in [5, 5.41) is 3.43. The summed E-state index contributed by atoms with van der Waals surface area (Å²) in [5.41, 5.74) is 4.64. The number of nitrogens with one attached hydrogen (secondary N) is 1. The van der Waals surface area contributed by atoms with Gasteiger partial charge in [-0.1, -0.05) is 54.1 Å². The molecule has 1 N–H and O–H groups in total. The van der Waals surface area contributed by atoms with Crippen LogP contribution < -0.4 is 5.32 Å². The quantitative estimate of drug-likeness (QED) is 0.924. The molecule has 1 amide bonds. The summed E-state index contributed by atoms with van der Waals surface area (Å²) >= 11 is 0. The van der Waals surface area contributed by atoms with E-state index in [1.807, 2.05) is 14.1 Å². The van der Waals surface area contributed by atoms with Gasteiger partial charge in [-0.3, -0.25) is 4.79 Å². The summed E-state index contributed by atoms with van der Waals surface area (Å²) < 4.78 is 0. The van der Waals surface area contributed by atoms with Crippen LogP contribution in [0.5, 0.6) is 0 Å². The topological polar surface area (TPSA) is 32.3 Å². The first-order chi connectivity index (χ1) is 12.0. The van der Waals surface area contributed by atoms with Gasteiger partial charge in [0.05, 0.1) is 5.41 Å². The largest absolute Gasteiger partial charge is 0.348 e. The van der Waals surface area contributed by atoms with E-state index in [4.69, 9.17) is 0 Å². The van der Waals surface area contributed by atoms with Gasteiger partial charge in [-0.25, -0.2) is 0 Å². The summed E-state index contributed by atoms with van der Waals surface area (Å²) in [6.45, 7) is 3.88. The first-order valence-electron chi connectivity index (χ1n) is 9.09. The van der Waals surface area contributed by atoms with Crippen LogP contribution >= 0.6 is 0 Å². The minimum Gasteiger partial charge on any atom is -0.348 e. The fourth-order valence-electron chi connectivity index (χ4n) is 3.80. The van der Waals surface area contributed by atoms with Gasteiger partial charge < -0.3 is 10.2 Å². The number of hydrogen-bond donors (Lipinski definition) is 1. The first-order valence-corrected chi connectivity index (χ1v) is 9.09. The number of amides is 1. The molecule has 0 spiro atoms. The van der Waals surface area contributed by atoms with Gasteiger partial charge in [0, 0.05) is 20.6 Å². The molecule has 132 valence electrons. The van der Waals surface area contributed by atoms with E-state index < -0.39 is 0 Å². The molecule has 2 aromatic rings. The third-order valence-corrected chi connectivity index (χ3v) is 5.21. The smallest absolute Gasteiger partial charge is 0.229 e. The van der Waals surface area contributed by atoms with Crippen molar-refractivity contribution in [1.82, 2.24) is 10.2 Å². The molecule has 0 aromatic heterocycles. The highest BCUT2D eigenvalue weighted by Gasteiger charge is 2.40. The van der Waals surface area contributed by atoms with Crippen molar-refractivity contribution in [3.63, 3.8) is 0 Å². The Labute approximate surface area is 151 Å². The van der Waals surface area contributed by atoms with E-state index in [9.17, 15) is 4.79 Å². The van der Waals surface area contributed by atoms with Crippen molar-refractivity contribution >= 4 is 5.91 Å². The maximum atomic E-state index is 12.8. The van der Waals surface area contributed by atoms with E-state index in [0.29, 0.717) is 0 Å². The summed E-state index contributed by atoms with van der Waals surface area (Å²) in [7, 11) is 3.72. The van der Waals surface area contributed by atoms with Gasteiger partial charge in [0.25, 0.3) is 0 Å². The molecule has 1 fully saturated rings. The lowest BCUT2D eigenvalue weighted by atomic mass is 9.74. The second-order valence-electron chi connectivity index (χ2n) is 7.50. The zero-order chi connectivity index (χ0) is 17.9. The fraction of sp³-hybridized carbons (Fsp3) is 0.409. The third-order valence-electron chi connectivity index (χ3n) is 5.21. The molecule has 1 aliphatic heterocycles. The van der Waals surface area contributed by atoms with Crippen molar-refractivity contribution in [3.8, 4) is 11.1 Å². The average Bonchev–Trinajstić information content (AvgIpc) is 2.63. The molecule has 1 heterocycles. The normalized spacial score (nSPS) is 20.3. The van der Waals surface area contributed by atoms with Crippen LogP contribution in [0.15, 0.2) is 48.5 Å². The Morgan fingerprint density at radius 3 is 2.16 bits per heavy atom. The Balaban J connectivity index is 1.81. The zero-order valence-electron chi connectivity index (χ0n) is 15.5. The molecule has 1 saturated heterocycles. The van der Waals surface area contributed by atoms with Gasteiger partial charge in [0.2, 0.25) is 5.91 Å². The molecule has 3 nitrogen and oxygen atoms in total. The maximum absolute atomic E-state index is 12.8. The number of benzene rings is 2. The van der Waals surface area contributed by atoms with Crippen LogP contribution in [0.2, 0.25) is 0 Å². The predicted octanol–water partition coefficient (Wildman–Crippen LogP) is 3.66. The number of carbonyl (C=O) groups excluding carboxylic acids is 1. The number of hydrogen-bond acceptors (Lipinski definition) is 2. The molecular weight excluding hydrogens is 308 g/mol. The van der Waals surface area contributed by atoms with Crippen LogP contribution in [-0.2, 0) is 11.2 Å². The highest BCUT2D eigenvalue weighted by molar-refractivity contribution is 5.83. The van der Waals surface area contributed by atoms with Crippen LogP contribution in [0.25, 0.3) is 11.1 Å². The van der Waals surface area contributed by atoms with Crippen molar-refractivity contribution < 1.29 is 4.79 Å². The van der Waals surface area contributed by atoms with Crippen LogP contribution in [0, 0.1) is 12.3 Å². The molecule has 0 bridgehead atoms. The van der Waals surface area contributed by atoms with Crippen LogP contribution in [-0.4, -0.2) is 38.0 Å². The summed E-state index contributed by atoms with van der Waals surface area (Å²) in [5.74, 6) is 0.238. The standard InChI is InChI=1S/C22H28N2O/c1-17-5-9-19(10-6-17)20-11-7-18(8-12-20)15-22(21(25)24(2)3)13-4-14-23-16-22/h5-12,23H,4,13-16H2,1-3H3/t22-/m1/s1. The van der Waals surface area contributed by atoms with Crippen molar-refractivity contribution in [2.45, 2.75) is 26.2 Å². The lowest BCUT2D eigenvalue weighted by Gasteiger charge is -2.38. The number of aryl methyl sites for hydroxylation is 1. The van der Waals surface area contributed by atoms with Crippen LogP contribution in [0.1, 0.15) is 24.0 Å². The average molecular weight is 336 g/mol. The first kappa shape index (κ1) is 17.7. The third kappa shape index (κ3) is 3.93. The summed E-state index contributed by atoms with van der Waals surface area (Å²) in [6, 6.07) is 17.3. The highest BCUT2D eigenvalue weighted by atomic mass is 16.2. The zero-order valence-corrected chi connectivity index (χ0v) is 15.5. The van der Waals surface area contributed by atoms with Gasteiger partial charge >= 0.3 is 0 Å². The van der Waals surface area contributed by atoms with Gasteiger partial charge in [-0.05, 0) is 49.4 Å². The van der Waals surface area contributed by atoms with Gasteiger partial charge in [-0.2, -0.15) is 0 Å². The van der Waals surface area contributed by atoms with E-state index in [1.165, 1.54) is 22.3 Å². The Hall–Kier alpha value is -2.13. The molecule has 3 rings (SSSR count). The fourth-order valence-corrected chi connectivity index (χ4v) is 3.80. The second-order valence-corrected chi connectivity index (χ2v) is 7.50. The number of carbonyl (C=O) groups is 1. The molecule has 2 aromatic carbocycles. The minimum absolute atomic E-state index is 0.238. The maximum Gasteiger partial charge on any atom is 0.229 e. The molecular formula is C22H28N2O. The summed E-state index contributed by atoms with van der Waals surface area (Å²) in [6.07, 6.45) is 2.81. The molecule has 0 aliphatic carbocycles. The van der Waals surface area contributed by atoms with Gasteiger partial charge in [0.15, 0.2) is 0 Å². The van der Waals surface area contributed by atoms with E-state index in [2.05, 4.69) is 60.8 Å². The molecule has 0 saturated carbocycles. The number of piperidine rings is 1. The van der Waals surface area contributed by atoms with E-state index in [0.717, 1.165) is 32.4 Å². The van der Waals surface area contributed by atoms with Crippen molar-refractivity contribution in [2.24, 2.45) is 5.41 Å². The second kappa shape index (κ2) is 7.40. The predicted molar refractivity (Wildman–Crippen MR) is 104 cm³/mol.